The summed E-state index contributed by atoms with van der Waals surface area (Å²) >= 11 is 0. The number of nitrogens with zero attached hydrogens (tertiary/aromatic N) is 3. The van der Waals surface area contributed by atoms with Crippen molar-refractivity contribution in [2.75, 3.05) is 13.1 Å². The molecule has 0 radical (unpaired) electrons. The Labute approximate surface area is 123 Å². The summed E-state index contributed by atoms with van der Waals surface area (Å²) in [4.78, 5) is 7.06. The zero-order chi connectivity index (χ0) is 14.6. The molecule has 20 heavy (non-hydrogen) atoms. The van der Waals surface area contributed by atoms with Crippen molar-refractivity contribution in [1.82, 2.24) is 14.5 Å². The van der Waals surface area contributed by atoms with Crippen LogP contribution in [0.15, 0.2) is 12.4 Å². The van der Waals surface area contributed by atoms with Crippen LogP contribution in [-0.2, 0) is 13.5 Å². The molecule has 4 nitrogen and oxygen atoms in total. The van der Waals surface area contributed by atoms with Crippen LogP contribution in [0.4, 0.5) is 0 Å². The molecule has 1 unspecified atom stereocenters. The molecule has 1 aromatic heterocycles. The topological polar surface area (TPSA) is 47.1 Å². The van der Waals surface area contributed by atoms with Gasteiger partial charge in [-0.05, 0) is 45.2 Å². The fourth-order valence-electron chi connectivity index (χ4n) is 3.81. The molecule has 0 aliphatic carbocycles. The lowest BCUT2D eigenvalue weighted by atomic mass is 9.81. The molecule has 2 heterocycles. The van der Waals surface area contributed by atoms with Crippen molar-refractivity contribution in [2.24, 2.45) is 12.8 Å². The van der Waals surface area contributed by atoms with E-state index in [1.165, 1.54) is 25.9 Å². The summed E-state index contributed by atoms with van der Waals surface area (Å²) in [5.41, 5.74) is 6.82. The largest absolute Gasteiger partial charge is 0.338 e. The van der Waals surface area contributed by atoms with Gasteiger partial charge in [-0.1, -0.05) is 13.8 Å². The summed E-state index contributed by atoms with van der Waals surface area (Å²) in [6.45, 7) is 7.03. The highest BCUT2D eigenvalue weighted by molar-refractivity contribution is 5.01. The Morgan fingerprint density at radius 1 is 1.30 bits per heavy atom. The summed E-state index contributed by atoms with van der Waals surface area (Å²) in [7, 11) is 2.06. The Kier molecular flexibility index (Phi) is 5.22. The first-order valence-electron chi connectivity index (χ1n) is 8.11. The van der Waals surface area contributed by atoms with E-state index in [4.69, 9.17) is 5.73 Å². The quantitative estimate of drug-likeness (QED) is 0.833. The van der Waals surface area contributed by atoms with Gasteiger partial charge in [0.1, 0.15) is 5.82 Å². The molecule has 1 fully saturated rings. The van der Waals surface area contributed by atoms with Gasteiger partial charge in [-0.25, -0.2) is 4.98 Å². The molecule has 4 heteroatoms. The van der Waals surface area contributed by atoms with Gasteiger partial charge in [0, 0.05) is 37.4 Å². The van der Waals surface area contributed by atoms with Gasteiger partial charge in [0.15, 0.2) is 0 Å². The Bertz CT molecular complexity index is 402. The summed E-state index contributed by atoms with van der Waals surface area (Å²) in [6, 6.07) is 0.229. The molecule has 1 aliphatic heterocycles. The monoisotopic (exact) mass is 278 g/mol. The second-order valence-electron chi connectivity index (χ2n) is 6.10. The molecule has 0 saturated carbocycles. The van der Waals surface area contributed by atoms with Crippen LogP contribution in [0, 0.1) is 0 Å². The van der Waals surface area contributed by atoms with Gasteiger partial charge in [-0.2, -0.15) is 0 Å². The molecule has 0 aromatic carbocycles. The molecule has 1 saturated heterocycles. The van der Waals surface area contributed by atoms with Gasteiger partial charge < -0.3 is 10.3 Å². The number of likely N-dealkylation sites (tertiary alicyclic amines) is 1. The number of rotatable bonds is 7. The molecular formula is C16H30N4. The van der Waals surface area contributed by atoms with Crippen LogP contribution in [0.2, 0.25) is 0 Å². The third-order valence-corrected chi connectivity index (χ3v) is 5.25. The zero-order valence-corrected chi connectivity index (χ0v) is 13.3. The highest BCUT2D eigenvalue weighted by Crippen LogP contribution is 2.32. The van der Waals surface area contributed by atoms with E-state index in [0.29, 0.717) is 0 Å². The standard InChI is InChI=1S/C16H30N4/c1-4-16(5-2,20-11-6-7-12-20)14(17)8-9-15-18-10-13-19(15)3/h10,13-14H,4-9,11-12,17H2,1-3H3. The minimum absolute atomic E-state index is 0.182. The van der Waals surface area contributed by atoms with Crippen LogP contribution in [-0.4, -0.2) is 39.1 Å². The molecule has 0 amide bonds. The van der Waals surface area contributed by atoms with E-state index in [1.54, 1.807) is 0 Å². The molecule has 114 valence electrons. The molecule has 1 atom stereocenters. The minimum atomic E-state index is 0.182. The Balaban J connectivity index is 2.03. The maximum absolute atomic E-state index is 6.64. The summed E-state index contributed by atoms with van der Waals surface area (Å²) in [5, 5.41) is 0. The number of nitrogens with two attached hydrogens (primary N) is 1. The van der Waals surface area contributed by atoms with Crippen molar-refractivity contribution < 1.29 is 0 Å². The maximum Gasteiger partial charge on any atom is 0.108 e. The number of hydrogen-bond acceptors (Lipinski definition) is 3. The van der Waals surface area contributed by atoms with Crippen LogP contribution in [0.3, 0.4) is 0 Å². The predicted molar refractivity (Wildman–Crippen MR) is 83.6 cm³/mol. The lowest BCUT2D eigenvalue weighted by molar-refractivity contribution is 0.0735. The van der Waals surface area contributed by atoms with Crippen LogP contribution < -0.4 is 5.73 Å². The summed E-state index contributed by atoms with van der Waals surface area (Å²) in [6.07, 6.45) is 10.8. The molecule has 2 N–H and O–H groups in total. The fraction of sp³-hybridized carbons (Fsp3) is 0.812. The Morgan fingerprint density at radius 3 is 2.45 bits per heavy atom. The molecule has 1 aromatic rings. The summed E-state index contributed by atoms with van der Waals surface area (Å²) in [5.74, 6) is 1.14. The number of aromatic nitrogens is 2. The van der Waals surface area contributed by atoms with E-state index in [0.717, 1.165) is 31.5 Å². The number of imidazole rings is 1. The van der Waals surface area contributed by atoms with Crippen molar-refractivity contribution in [3.63, 3.8) is 0 Å². The first kappa shape index (κ1) is 15.5. The van der Waals surface area contributed by atoms with Gasteiger partial charge in [-0.3, -0.25) is 4.90 Å². The first-order valence-corrected chi connectivity index (χ1v) is 8.11. The first-order chi connectivity index (χ1) is 9.64. The van der Waals surface area contributed by atoms with E-state index in [2.05, 4.69) is 35.3 Å². The normalized spacial score (nSPS) is 18.6. The molecule has 1 aliphatic rings. The van der Waals surface area contributed by atoms with Crippen LogP contribution in [0.5, 0.6) is 0 Å². The van der Waals surface area contributed by atoms with Gasteiger partial charge in [-0.15, -0.1) is 0 Å². The smallest absolute Gasteiger partial charge is 0.108 e. The number of hydrogen-bond donors (Lipinski definition) is 1. The van der Waals surface area contributed by atoms with Crippen molar-refractivity contribution >= 4 is 0 Å². The number of aryl methyl sites for hydroxylation is 2. The molecular weight excluding hydrogens is 248 g/mol. The van der Waals surface area contributed by atoms with E-state index < -0.39 is 0 Å². The van der Waals surface area contributed by atoms with Gasteiger partial charge in [0.05, 0.1) is 0 Å². The van der Waals surface area contributed by atoms with Crippen molar-refractivity contribution in [1.29, 1.82) is 0 Å². The average Bonchev–Trinajstić information content (AvgIpc) is 3.11. The highest BCUT2D eigenvalue weighted by Gasteiger charge is 2.39. The van der Waals surface area contributed by atoms with E-state index in [9.17, 15) is 0 Å². The highest BCUT2D eigenvalue weighted by atomic mass is 15.2. The molecule has 0 bridgehead atoms. The van der Waals surface area contributed by atoms with Crippen molar-refractivity contribution in [3.8, 4) is 0 Å². The lowest BCUT2D eigenvalue weighted by Crippen LogP contribution is -2.58. The molecule has 0 spiro atoms. The lowest BCUT2D eigenvalue weighted by Gasteiger charge is -2.45. The fourth-order valence-corrected chi connectivity index (χ4v) is 3.81. The second kappa shape index (κ2) is 6.72. The average molecular weight is 278 g/mol. The van der Waals surface area contributed by atoms with E-state index in [-0.39, 0.29) is 11.6 Å². The SMILES string of the molecule is CCC(CC)(C(N)CCc1nccn1C)N1CCCC1. The van der Waals surface area contributed by atoms with Gasteiger partial charge in [0.2, 0.25) is 0 Å². The zero-order valence-electron chi connectivity index (χ0n) is 13.3. The van der Waals surface area contributed by atoms with Gasteiger partial charge >= 0.3 is 0 Å². The van der Waals surface area contributed by atoms with E-state index >= 15 is 0 Å². The van der Waals surface area contributed by atoms with Crippen LogP contribution >= 0.6 is 0 Å². The Hall–Kier alpha value is -0.870. The van der Waals surface area contributed by atoms with Crippen LogP contribution in [0.25, 0.3) is 0 Å². The second-order valence-corrected chi connectivity index (χ2v) is 6.10. The van der Waals surface area contributed by atoms with Crippen molar-refractivity contribution in [3.05, 3.63) is 18.2 Å². The van der Waals surface area contributed by atoms with Gasteiger partial charge in [0.25, 0.3) is 0 Å². The maximum atomic E-state index is 6.64. The third-order valence-electron chi connectivity index (χ3n) is 5.25. The summed E-state index contributed by atoms with van der Waals surface area (Å²) < 4.78 is 2.10. The Morgan fingerprint density at radius 2 is 1.95 bits per heavy atom. The molecule has 2 rings (SSSR count). The van der Waals surface area contributed by atoms with E-state index in [1.807, 2.05) is 12.4 Å². The predicted octanol–water partition coefficient (Wildman–Crippen LogP) is 2.33. The third kappa shape index (κ3) is 2.91. The van der Waals surface area contributed by atoms with Crippen molar-refractivity contribution in [2.45, 2.75) is 64.0 Å². The minimum Gasteiger partial charge on any atom is -0.338 e. The van der Waals surface area contributed by atoms with Crippen LogP contribution in [0.1, 0.15) is 51.8 Å².